The first-order valence-corrected chi connectivity index (χ1v) is 7.61. The molecule has 1 aromatic rings. The zero-order valence-corrected chi connectivity index (χ0v) is 13.7. The highest BCUT2D eigenvalue weighted by Gasteiger charge is 2.34. The summed E-state index contributed by atoms with van der Waals surface area (Å²) in [6, 6.07) is 1.85. The number of hydrogen-bond acceptors (Lipinski definition) is 5. The van der Waals surface area contributed by atoms with E-state index in [9.17, 15) is 4.79 Å². The van der Waals surface area contributed by atoms with Gasteiger partial charge in [-0.25, -0.2) is 14.8 Å². The van der Waals surface area contributed by atoms with Crippen molar-refractivity contribution >= 4 is 23.5 Å². The molecular weight excluding hydrogens is 304 g/mol. The molecule has 22 heavy (non-hydrogen) atoms. The quantitative estimate of drug-likeness (QED) is 0.587. The van der Waals surface area contributed by atoms with Gasteiger partial charge in [0, 0.05) is 32.4 Å². The molecule has 0 saturated carbocycles. The van der Waals surface area contributed by atoms with Crippen molar-refractivity contribution in [1.82, 2.24) is 14.9 Å². The van der Waals surface area contributed by atoms with Crippen LogP contribution in [0.2, 0.25) is 5.28 Å². The largest absolute Gasteiger partial charge is 0.444 e. The van der Waals surface area contributed by atoms with Gasteiger partial charge in [0.2, 0.25) is 5.28 Å². The second kappa shape index (κ2) is 5.43. The van der Waals surface area contributed by atoms with Crippen molar-refractivity contribution in [2.24, 2.45) is 0 Å². The zero-order chi connectivity index (χ0) is 15.9. The Bertz CT molecular complexity index is 621. The molecule has 0 fully saturated rings. The highest BCUT2D eigenvalue weighted by Crippen LogP contribution is 2.29. The Morgan fingerprint density at radius 1 is 1.23 bits per heavy atom. The van der Waals surface area contributed by atoms with E-state index in [1.807, 2.05) is 26.8 Å². The van der Waals surface area contributed by atoms with Crippen LogP contribution >= 0.6 is 11.6 Å². The van der Waals surface area contributed by atoms with Crippen molar-refractivity contribution in [1.29, 1.82) is 0 Å². The fourth-order valence-corrected chi connectivity index (χ4v) is 2.84. The number of rotatable bonds is 1. The maximum atomic E-state index is 12.1. The second-order valence-electron chi connectivity index (χ2n) is 6.58. The summed E-state index contributed by atoms with van der Waals surface area (Å²) in [5, 5.41) is 0.250. The van der Waals surface area contributed by atoms with Gasteiger partial charge in [0.05, 0.1) is 0 Å². The first-order chi connectivity index (χ1) is 10.3. The van der Waals surface area contributed by atoms with E-state index in [1.54, 1.807) is 11.1 Å². The van der Waals surface area contributed by atoms with Crippen molar-refractivity contribution in [2.75, 3.05) is 31.1 Å². The molecule has 1 aromatic heterocycles. The van der Waals surface area contributed by atoms with Gasteiger partial charge >= 0.3 is 6.09 Å². The Morgan fingerprint density at radius 2 is 1.86 bits per heavy atom. The summed E-state index contributed by atoms with van der Waals surface area (Å²) in [5.74, 6) is 0.818. The predicted octanol–water partition coefficient (Wildman–Crippen LogP) is 2.50. The maximum Gasteiger partial charge on any atom is 0.410 e. The summed E-state index contributed by atoms with van der Waals surface area (Å²) in [5.41, 5.74) is 2.06. The topological polar surface area (TPSA) is 58.6 Å². The molecule has 7 heteroatoms. The Kier molecular flexibility index (Phi) is 3.72. The molecule has 0 radical (unpaired) electrons. The van der Waals surface area contributed by atoms with Gasteiger partial charge in [-0.05, 0) is 49.6 Å². The molecule has 3 rings (SSSR count). The molecule has 0 bridgehead atoms. The van der Waals surface area contributed by atoms with Crippen molar-refractivity contribution in [3.63, 3.8) is 0 Å². The molecule has 2 aliphatic rings. The molecule has 0 N–H and O–H groups in total. The summed E-state index contributed by atoms with van der Waals surface area (Å²) >= 11 is 5.84. The van der Waals surface area contributed by atoms with Gasteiger partial charge in [-0.1, -0.05) is 0 Å². The fourth-order valence-electron chi connectivity index (χ4n) is 2.70. The highest BCUT2D eigenvalue weighted by molar-refractivity contribution is 6.28. The molecular formula is C15H19ClN4O2. The van der Waals surface area contributed by atoms with E-state index in [1.165, 1.54) is 11.1 Å². The third-order valence-electron chi connectivity index (χ3n) is 3.61. The molecule has 0 unspecified atom stereocenters. The number of carbonyl (C=O) groups excluding carboxylic acids is 1. The lowest BCUT2D eigenvalue weighted by Gasteiger charge is -2.26. The first-order valence-electron chi connectivity index (χ1n) is 7.23. The molecule has 1 amide bonds. The minimum absolute atomic E-state index is 0.250. The zero-order valence-electron chi connectivity index (χ0n) is 13.0. The molecule has 6 nitrogen and oxygen atoms in total. The third kappa shape index (κ3) is 3.16. The van der Waals surface area contributed by atoms with Crippen LogP contribution < -0.4 is 4.90 Å². The Labute approximate surface area is 134 Å². The molecule has 0 aliphatic carbocycles. The number of anilines is 1. The number of hydrogen-bond donors (Lipinski definition) is 0. The van der Waals surface area contributed by atoms with Crippen molar-refractivity contribution in [3.05, 3.63) is 28.7 Å². The lowest BCUT2D eigenvalue weighted by atomic mass is 10.2. The van der Waals surface area contributed by atoms with Crippen LogP contribution in [0, 0.1) is 0 Å². The van der Waals surface area contributed by atoms with Gasteiger partial charge in [-0.3, -0.25) is 0 Å². The van der Waals surface area contributed by atoms with Gasteiger partial charge < -0.3 is 14.5 Å². The van der Waals surface area contributed by atoms with Crippen molar-refractivity contribution in [2.45, 2.75) is 26.4 Å². The number of halogens is 1. The van der Waals surface area contributed by atoms with Crippen LogP contribution in [-0.2, 0) is 4.74 Å². The Morgan fingerprint density at radius 3 is 2.41 bits per heavy atom. The third-order valence-corrected chi connectivity index (χ3v) is 3.80. The summed E-state index contributed by atoms with van der Waals surface area (Å²) in [4.78, 5) is 24.1. The van der Waals surface area contributed by atoms with Gasteiger partial charge in [0.25, 0.3) is 0 Å². The maximum absolute atomic E-state index is 12.1. The summed E-state index contributed by atoms with van der Waals surface area (Å²) < 4.78 is 5.42. The molecule has 0 atom stereocenters. The van der Waals surface area contributed by atoms with Crippen LogP contribution in [0.15, 0.2) is 23.4 Å². The minimum Gasteiger partial charge on any atom is -0.444 e. The number of aromatic nitrogens is 2. The van der Waals surface area contributed by atoms with Gasteiger partial charge in [0.15, 0.2) is 0 Å². The van der Waals surface area contributed by atoms with Crippen LogP contribution in [0.5, 0.6) is 0 Å². The summed E-state index contributed by atoms with van der Waals surface area (Å²) in [7, 11) is 0. The number of carbonyl (C=O) groups is 1. The summed E-state index contributed by atoms with van der Waals surface area (Å²) in [6.45, 7) is 8.41. The normalized spacial score (nSPS) is 18.0. The molecule has 0 aromatic carbocycles. The predicted molar refractivity (Wildman–Crippen MR) is 84.1 cm³/mol. The van der Waals surface area contributed by atoms with Crippen LogP contribution in [0.4, 0.5) is 10.6 Å². The highest BCUT2D eigenvalue weighted by atomic mass is 35.5. The fraction of sp³-hybridized carbons (Fsp3) is 0.533. The van der Waals surface area contributed by atoms with Crippen molar-refractivity contribution < 1.29 is 9.53 Å². The van der Waals surface area contributed by atoms with E-state index in [0.717, 1.165) is 18.9 Å². The first kappa shape index (κ1) is 15.1. The van der Waals surface area contributed by atoms with E-state index in [-0.39, 0.29) is 11.4 Å². The van der Waals surface area contributed by atoms with Gasteiger partial charge in [-0.15, -0.1) is 0 Å². The molecule has 2 aliphatic heterocycles. The Hall–Kier alpha value is -1.82. The standard InChI is InChI=1S/C15H19ClN4O2/c1-15(2,3)22-14(21)20-8-10-6-19(7-11(10)9-20)12-4-5-17-13(16)18-12/h4-5H,6-9H2,1-3H3. The van der Waals surface area contributed by atoms with Gasteiger partial charge in [-0.2, -0.15) is 0 Å². The van der Waals surface area contributed by atoms with E-state index in [0.29, 0.717) is 13.1 Å². The average molecular weight is 323 g/mol. The van der Waals surface area contributed by atoms with Crippen LogP contribution in [0.1, 0.15) is 20.8 Å². The number of ether oxygens (including phenoxy) is 1. The average Bonchev–Trinajstić information content (AvgIpc) is 2.94. The van der Waals surface area contributed by atoms with Crippen LogP contribution in [0.3, 0.4) is 0 Å². The van der Waals surface area contributed by atoms with E-state index < -0.39 is 5.60 Å². The molecule has 0 saturated heterocycles. The van der Waals surface area contributed by atoms with Crippen LogP contribution in [0.25, 0.3) is 0 Å². The molecule has 3 heterocycles. The molecule has 0 spiro atoms. The SMILES string of the molecule is CC(C)(C)OC(=O)N1CC2=C(C1)CN(c1ccnc(Cl)n1)C2. The summed E-state index contributed by atoms with van der Waals surface area (Å²) in [6.07, 6.45) is 1.40. The smallest absolute Gasteiger partial charge is 0.410 e. The number of amides is 1. The van der Waals surface area contributed by atoms with Crippen LogP contribution in [-0.4, -0.2) is 52.7 Å². The van der Waals surface area contributed by atoms with Crippen molar-refractivity contribution in [3.8, 4) is 0 Å². The van der Waals surface area contributed by atoms with E-state index in [2.05, 4.69) is 14.9 Å². The Balaban J connectivity index is 1.61. The van der Waals surface area contributed by atoms with Gasteiger partial charge in [0.1, 0.15) is 11.4 Å². The van der Waals surface area contributed by atoms with E-state index in [4.69, 9.17) is 16.3 Å². The minimum atomic E-state index is -0.464. The second-order valence-corrected chi connectivity index (χ2v) is 6.92. The number of nitrogens with zero attached hydrogens (tertiary/aromatic N) is 4. The lowest BCUT2D eigenvalue weighted by molar-refractivity contribution is 0.0297. The lowest BCUT2D eigenvalue weighted by Crippen LogP contribution is -2.38. The van der Waals surface area contributed by atoms with E-state index >= 15 is 0 Å². The molecule has 118 valence electrons. The monoisotopic (exact) mass is 322 g/mol.